The number of nitrogens with zero attached hydrogens (tertiary/aromatic N) is 3. The van der Waals surface area contributed by atoms with Crippen molar-refractivity contribution in [3.63, 3.8) is 0 Å². The van der Waals surface area contributed by atoms with Gasteiger partial charge >= 0.3 is 0 Å². The molecule has 0 atom stereocenters. The van der Waals surface area contributed by atoms with E-state index in [9.17, 15) is 13.6 Å². The average Bonchev–Trinajstić information content (AvgIpc) is 2.85. The number of nitrogens with one attached hydrogen (secondary N) is 1. The van der Waals surface area contributed by atoms with Gasteiger partial charge in [0, 0.05) is 19.2 Å². The predicted molar refractivity (Wildman–Crippen MR) is 54.5 cm³/mol. The molecule has 0 aliphatic heterocycles. The smallest absolute Gasteiger partial charge is 0.254 e. The first-order valence-electron chi connectivity index (χ1n) is 5.02. The summed E-state index contributed by atoms with van der Waals surface area (Å²) in [6, 6.07) is 1.10. The molecule has 2 aromatic rings. The minimum atomic E-state index is -1.31. The summed E-state index contributed by atoms with van der Waals surface area (Å²) in [6.45, 7) is 0.171. The van der Waals surface area contributed by atoms with Crippen molar-refractivity contribution >= 4 is 5.91 Å². The molecule has 1 amide bonds. The van der Waals surface area contributed by atoms with Gasteiger partial charge < -0.3 is 9.84 Å². The number of rotatable bonds is 4. The van der Waals surface area contributed by atoms with E-state index in [1.807, 2.05) is 0 Å². The van der Waals surface area contributed by atoms with Gasteiger partial charge in [0.25, 0.3) is 5.91 Å². The molecule has 0 aliphatic rings. The molecular formula is C10H8F2N4O2. The van der Waals surface area contributed by atoms with E-state index in [0.717, 1.165) is 12.3 Å². The van der Waals surface area contributed by atoms with Gasteiger partial charge in [-0.05, 0) is 6.07 Å². The van der Waals surface area contributed by atoms with Crippen LogP contribution in [-0.2, 0) is 6.42 Å². The van der Waals surface area contributed by atoms with Crippen molar-refractivity contribution in [3.8, 4) is 0 Å². The summed E-state index contributed by atoms with van der Waals surface area (Å²) >= 11 is 0. The highest BCUT2D eigenvalue weighted by atomic mass is 19.2. The van der Waals surface area contributed by atoms with E-state index in [2.05, 4.69) is 20.4 Å². The Morgan fingerprint density at radius 1 is 1.39 bits per heavy atom. The fraction of sp³-hybridized carbons (Fsp3) is 0.200. The summed E-state index contributed by atoms with van der Waals surface area (Å²) in [4.78, 5) is 18.4. The number of hydrogen-bond donors (Lipinski definition) is 1. The first-order chi connectivity index (χ1) is 8.68. The van der Waals surface area contributed by atoms with E-state index < -0.39 is 23.2 Å². The van der Waals surface area contributed by atoms with Crippen LogP contribution >= 0.6 is 0 Å². The summed E-state index contributed by atoms with van der Waals surface area (Å²) < 4.78 is 30.7. The Balaban J connectivity index is 1.93. The highest BCUT2D eigenvalue weighted by molar-refractivity contribution is 5.94. The van der Waals surface area contributed by atoms with Gasteiger partial charge in [0.05, 0.1) is 5.56 Å². The molecule has 2 rings (SSSR count). The van der Waals surface area contributed by atoms with E-state index >= 15 is 0 Å². The molecule has 0 radical (unpaired) electrons. The number of hydrogen-bond acceptors (Lipinski definition) is 5. The van der Waals surface area contributed by atoms with Crippen molar-refractivity contribution in [1.82, 2.24) is 20.4 Å². The largest absolute Gasteiger partial charge is 0.351 e. The lowest BCUT2D eigenvalue weighted by Crippen LogP contribution is -2.27. The first-order valence-corrected chi connectivity index (χ1v) is 5.02. The molecule has 0 fully saturated rings. The van der Waals surface area contributed by atoms with E-state index in [0.29, 0.717) is 12.3 Å². The third-order valence-electron chi connectivity index (χ3n) is 2.12. The van der Waals surface area contributed by atoms with Crippen LogP contribution in [0.1, 0.15) is 16.2 Å². The SMILES string of the molecule is O=C(NCCc1ncno1)c1ccnc(F)c1F. The molecule has 8 heteroatoms. The maximum Gasteiger partial charge on any atom is 0.254 e. The molecule has 0 aliphatic carbocycles. The molecule has 1 N–H and O–H groups in total. The Hall–Kier alpha value is -2.38. The molecule has 6 nitrogen and oxygen atoms in total. The summed E-state index contributed by atoms with van der Waals surface area (Å²) in [6.07, 6.45) is 2.56. The molecule has 2 aromatic heterocycles. The van der Waals surface area contributed by atoms with Gasteiger partial charge in [0.1, 0.15) is 0 Å². The summed E-state index contributed by atoms with van der Waals surface area (Å²) in [7, 11) is 0. The van der Waals surface area contributed by atoms with Gasteiger partial charge in [-0.15, -0.1) is 0 Å². The summed E-state index contributed by atoms with van der Waals surface area (Å²) in [5.41, 5.74) is -0.395. The second kappa shape index (κ2) is 5.30. The number of aromatic nitrogens is 3. The van der Waals surface area contributed by atoms with E-state index in [1.54, 1.807) is 0 Å². The molecule has 18 heavy (non-hydrogen) atoms. The second-order valence-electron chi connectivity index (χ2n) is 3.30. The molecule has 0 saturated heterocycles. The Morgan fingerprint density at radius 2 is 2.22 bits per heavy atom. The van der Waals surface area contributed by atoms with Gasteiger partial charge in [0.2, 0.25) is 11.8 Å². The van der Waals surface area contributed by atoms with Crippen LogP contribution in [-0.4, -0.2) is 27.6 Å². The lowest BCUT2D eigenvalue weighted by molar-refractivity contribution is 0.0948. The summed E-state index contributed by atoms with van der Waals surface area (Å²) in [5, 5.41) is 5.79. The van der Waals surface area contributed by atoms with E-state index in [1.165, 1.54) is 6.33 Å². The van der Waals surface area contributed by atoms with Crippen molar-refractivity contribution in [2.75, 3.05) is 6.54 Å². The maximum absolute atomic E-state index is 13.2. The molecule has 94 valence electrons. The second-order valence-corrected chi connectivity index (χ2v) is 3.30. The lowest BCUT2D eigenvalue weighted by atomic mass is 10.2. The highest BCUT2D eigenvalue weighted by Crippen LogP contribution is 2.08. The number of amides is 1. The van der Waals surface area contributed by atoms with Crippen LogP contribution in [0.2, 0.25) is 0 Å². The molecular weight excluding hydrogens is 246 g/mol. The molecule has 0 saturated carbocycles. The minimum Gasteiger partial charge on any atom is -0.351 e. The minimum absolute atomic E-state index is 0.171. The van der Waals surface area contributed by atoms with Crippen LogP contribution in [0.15, 0.2) is 23.1 Å². The van der Waals surface area contributed by atoms with Gasteiger partial charge in [-0.25, -0.2) is 9.37 Å². The normalized spacial score (nSPS) is 10.3. The monoisotopic (exact) mass is 254 g/mol. The van der Waals surface area contributed by atoms with Gasteiger partial charge in [-0.1, -0.05) is 5.16 Å². The van der Waals surface area contributed by atoms with Crippen LogP contribution in [0.25, 0.3) is 0 Å². The Labute approximate surface area is 100 Å². The van der Waals surface area contributed by atoms with Crippen molar-refractivity contribution in [2.45, 2.75) is 6.42 Å². The number of carbonyl (C=O) groups excluding carboxylic acids is 1. The maximum atomic E-state index is 13.2. The quantitative estimate of drug-likeness (QED) is 0.813. The molecule has 2 heterocycles. The van der Waals surface area contributed by atoms with Gasteiger partial charge in [0.15, 0.2) is 12.1 Å². The zero-order valence-corrected chi connectivity index (χ0v) is 9.06. The van der Waals surface area contributed by atoms with Crippen LogP contribution in [0.5, 0.6) is 0 Å². The fourth-order valence-corrected chi connectivity index (χ4v) is 1.28. The van der Waals surface area contributed by atoms with E-state index in [-0.39, 0.29) is 6.54 Å². The first kappa shape index (κ1) is 12.1. The molecule has 0 aromatic carbocycles. The van der Waals surface area contributed by atoms with Crippen LogP contribution < -0.4 is 5.32 Å². The third-order valence-corrected chi connectivity index (χ3v) is 2.12. The number of pyridine rings is 1. The van der Waals surface area contributed by atoms with Crippen LogP contribution in [0.4, 0.5) is 8.78 Å². The average molecular weight is 254 g/mol. The van der Waals surface area contributed by atoms with Gasteiger partial charge in [-0.2, -0.15) is 9.37 Å². The highest BCUT2D eigenvalue weighted by Gasteiger charge is 2.15. The van der Waals surface area contributed by atoms with Crippen molar-refractivity contribution in [3.05, 3.63) is 41.8 Å². The number of halogens is 2. The van der Waals surface area contributed by atoms with Crippen molar-refractivity contribution in [2.24, 2.45) is 0 Å². The summed E-state index contributed by atoms with van der Waals surface area (Å²) in [5.74, 6) is -2.96. The standard InChI is InChI=1S/C10H8F2N4O2/c11-8-6(1-3-13-9(8)12)10(17)14-4-2-7-15-5-16-18-7/h1,3,5H,2,4H2,(H,14,17). The Bertz CT molecular complexity index is 545. The van der Waals surface area contributed by atoms with Crippen molar-refractivity contribution < 1.29 is 18.1 Å². The Morgan fingerprint density at radius 3 is 2.94 bits per heavy atom. The van der Waals surface area contributed by atoms with Gasteiger partial charge in [-0.3, -0.25) is 4.79 Å². The fourth-order valence-electron chi connectivity index (χ4n) is 1.28. The van der Waals surface area contributed by atoms with Crippen LogP contribution in [0.3, 0.4) is 0 Å². The Kier molecular flexibility index (Phi) is 3.56. The zero-order chi connectivity index (χ0) is 13.0. The zero-order valence-electron chi connectivity index (χ0n) is 9.06. The predicted octanol–water partition coefficient (Wildman–Crippen LogP) is 0.715. The van der Waals surface area contributed by atoms with Crippen LogP contribution in [0, 0.1) is 11.8 Å². The molecule has 0 bridgehead atoms. The topological polar surface area (TPSA) is 80.9 Å². The lowest BCUT2D eigenvalue weighted by Gasteiger charge is -2.04. The third kappa shape index (κ3) is 2.65. The van der Waals surface area contributed by atoms with E-state index in [4.69, 9.17) is 4.52 Å². The number of carbonyl (C=O) groups is 1. The van der Waals surface area contributed by atoms with Crippen molar-refractivity contribution in [1.29, 1.82) is 0 Å². The molecule has 0 spiro atoms. The molecule has 0 unspecified atom stereocenters.